The minimum Gasteiger partial charge on any atom is -0.468 e. The summed E-state index contributed by atoms with van der Waals surface area (Å²) in [5.41, 5.74) is 1.17. The van der Waals surface area contributed by atoms with Crippen molar-refractivity contribution >= 4 is 5.97 Å². The molecule has 0 fully saturated rings. The van der Waals surface area contributed by atoms with Crippen molar-refractivity contribution in [1.82, 2.24) is 10.3 Å². The van der Waals surface area contributed by atoms with Crippen LogP contribution in [0, 0.1) is 0 Å². The standard InChI is InChI=1S/C14H22N2O2/c1-3-4-7-13(14(17)18-2)16-10-8-12-6-5-9-15-11-12/h5-6,9,11,13,16H,3-4,7-8,10H2,1-2H3. The molecule has 100 valence electrons. The molecule has 1 atom stereocenters. The smallest absolute Gasteiger partial charge is 0.322 e. The van der Waals surface area contributed by atoms with E-state index in [-0.39, 0.29) is 12.0 Å². The van der Waals surface area contributed by atoms with Crippen molar-refractivity contribution in [3.63, 3.8) is 0 Å². The minimum absolute atomic E-state index is 0.172. The van der Waals surface area contributed by atoms with E-state index >= 15 is 0 Å². The Morgan fingerprint density at radius 3 is 3.00 bits per heavy atom. The van der Waals surface area contributed by atoms with E-state index in [4.69, 9.17) is 4.74 Å². The summed E-state index contributed by atoms with van der Waals surface area (Å²) in [4.78, 5) is 15.6. The second-order valence-electron chi connectivity index (χ2n) is 4.28. The maximum absolute atomic E-state index is 11.6. The van der Waals surface area contributed by atoms with Gasteiger partial charge in [0.05, 0.1) is 7.11 Å². The number of carbonyl (C=O) groups is 1. The lowest BCUT2D eigenvalue weighted by atomic mass is 10.1. The van der Waals surface area contributed by atoms with Crippen LogP contribution in [-0.4, -0.2) is 30.6 Å². The third-order valence-electron chi connectivity index (χ3n) is 2.86. The Bertz CT molecular complexity index is 341. The molecule has 1 aromatic rings. The molecule has 4 heteroatoms. The number of esters is 1. The highest BCUT2D eigenvalue weighted by atomic mass is 16.5. The van der Waals surface area contributed by atoms with Crippen LogP contribution in [0.3, 0.4) is 0 Å². The number of rotatable bonds is 8. The van der Waals surface area contributed by atoms with E-state index in [1.54, 1.807) is 6.20 Å². The lowest BCUT2D eigenvalue weighted by Crippen LogP contribution is -2.38. The van der Waals surface area contributed by atoms with Gasteiger partial charge in [-0.1, -0.05) is 25.8 Å². The summed E-state index contributed by atoms with van der Waals surface area (Å²) in [6.07, 6.45) is 7.41. The first-order valence-electron chi connectivity index (χ1n) is 6.48. The molecule has 0 saturated heterocycles. The fraction of sp³-hybridized carbons (Fsp3) is 0.571. The van der Waals surface area contributed by atoms with Crippen molar-refractivity contribution in [2.24, 2.45) is 0 Å². The van der Waals surface area contributed by atoms with Gasteiger partial charge in [-0.15, -0.1) is 0 Å². The average molecular weight is 250 g/mol. The Hall–Kier alpha value is -1.42. The van der Waals surface area contributed by atoms with Gasteiger partial charge in [-0.2, -0.15) is 0 Å². The minimum atomic E-state index is -0.188. The molecule has 0 aromatic carbocycles. The number of unbranched alkanes of at least 4 members (excludes halogenated alkanes) is 1. The summed E-state index contributed by atoms with van der Waals surface area (Å²) < 4.78 is 4.80. The van der Waals surface area contributed by atoms with E-state index < -0.39 is 0 Å². The summed E-state index contributed by atoms with van der Waals surface area (Å²) in [5, 5.41) is 3.25. The van der Waals surface area contributed by atoms with Crippen LogP contribution in [-0.2, 0) is 16.0 Å². The Kier molecular flexibility index (Phi) is 7.03. The van der Waals surface area contributed by atoms with E-state index in [2.05, 4.69) is 17.2 Å². The molecule has 0 aliphatic heterocycles. The molecule has 1 N–H and O–H groups in total. The monoisotopic (exact) mass is 250 g/mol. The van der Waals surface area contributed by atoms with Crippen LogP contribution in [0.2, 0.25) is 0 Å². The molecule has 0 aliphatic rings. The van der Waals surface area contributed by atoms with Gasteiger partial charge in [0.15, 0.2) is 0 Å². The molecule has 1 heterocycles. The highest BCUT2D eigenvalue weighted by Gasteiger charge is 2.17. The van der Waals surface area contributed by atoms with Crippen molar-refractivity contribution in [1.29, 1.82) is 0 Å². The number of ether oxygens (including phenoxy) is 1. The van der Waals surface area contributed by atoms with Crippen LogP contribution in [0.1, 0.15) is 31.7 Å². The van der Waals surface area contributed by atoms with Gasteiger partial charge in [-0.05, 0) is 24.5 Å². The summed E-state index contributed by atoms with van der Waals surface area (Å²) in [5.74, 6) is -0.172. The van der Waals surface area contributed by atoms with Crippen LogP contribution < -0.4 is 5.32 Å². The maximum atomic E-state index is 11.6. The highest BCUT2D eigenvalue weighted by molar-refractivity contribution is 5.75. The van der Waals surface area contributed by atoms with E-state index in [1.807, 2.05) is 18.3 Å². The van der Waals surface area contributed by atoms with Crippen molar-refractivity contribution in [3.05, 3.63) is 30.1 Å². The number of hydrogen-bond donors (Lipinski definition) is 1. The van der Waals surface area contributed by atoms with Gasteiger partial charge in [-0.3, -0.25) is 9.78 Å². The Labute approximate surface area is 109 Å². The molecular formula is C14H22N2O2. The van der Waals surface area contributed by atoms with E-state index in [9.17, 15) is 4.79 Å². The van der Waals surface area contributed by atoms with Crippen molar-refractivity contribution in [2.45, 2.75) is 38.6 Å². The van der Waals surface area contributed by atoms with Gasteiger partial charge in [0.2, 0.25) is 0 Å². The first kappa shape index (κ1) is 14.6. The lowest BCUT2D eigenvalue weighted by molar-refractivity contribution is -0.143. The molecule has 0 saturated carbocycles. The molecule has 4 nitrogen and oxygen atoms in total. The van der Waals surface area contributed by atoms with Crippen LogP contribution in [0.25, 0.3) is 0 Å². The first-order valence-corrected chi connectivity index (χ1v) is 6.48. The molecule has 18 heavy (non-hydrogen) atoms. The Balaban J connectivity index is 2.35. The summed E-state index contributed by atoms with van der Waals surface area (Å²) in [6.45, 7) is 2.87. The van der Waals surface area contributed by atoms with Gasteiger partial charge in [0.25, 0.3) is 0 Å². The van der Waals surface area contributed by atoms with Crippen LogP contribution in [0.4, 0.5) is 0 Å². The molecular weight excluding hydrogens is 228 g/mol. The molecule has 0 aliphatic carbocycles. The SMILES string of the molecule is CCCCC(NCCc1cccnc1)C(=O)OC. The fourth-order valence-electron chi connectivity index (χ4n) is 1.79. The van der Waals surface area contributed by atoms with Gasteiger partial charge >= 0.3 is 5.97 Å². The highest BCUT2D eigenvalue weighted by Crippen LogP contribution is 2.03. The zero-order chi connectivity index (χ0) is 13.2. The second kappa shape index (κ2) is 8.64. The predicted octanol–water partition coefficient (Wildman–Crippen LogP) is 1.95. The van der Waals surface area contributed by atoms with Crippen molar-refractivity contribution in [3.8, 4) is 0 Å². The van der Waals surface area contributed by atoms with Gasteiger partial charge < -0.3 is 10.1 Å². The number of hydrogen-bond acceptors (Lipinski definition) is 4. The van der Waals surface area contributed by atoms with Gasteiger partial charge in [-0.25, -0.2) is 0 Å². The number of carbonyl (C=O) groups excluding carboxylic acids is 1. The quantitative estimate of drug-likeness (QED) is 0.716. The van der Waals surface area contributed by atoms with Gasteiger partial charge in [0.1, 0.15) is 6.04 Å². The summed E-state index contributed by atoms with van der Waals surface area (Å²) in [6, 6.07) is 3.77. The molecule has 0 bridgehead atoms. The topological polar surface area (TPSA) is 51.2 Å². The molecule has 1 unspecified atom stereocenters. The largest absolute Gasteiger partial charge is 0.468 e. The number of nitrogens with zero attached hydrogens (tertiary/aromatic N) is 1. The fourth-order valence-corrected chi connectivity index (χ4v) is 1.79. The second-order valence-corrected chi connectivity index (χ2v) is 4.28. The molecule has 0 amide bonds. The number of methoxy groups -OCH3 is 1. The summed E-state index contributed by atoms with van der Waals surface area (Å²) in [7, 11) is 1.43. The zero-order valence-electron chi connectivity index (χ0n) is 11.2. The van der Waals surface area contributed by atoms with E-state index in [1.165, 1.54) is 12.7 Å². The third kappa shape index (κ3) is 5.27. The lowest BCUT2D eigenvalue weighted by Gasteiger charge is -2.15. The van der Waals surface area contributed by atoms with Crippen LogP contribution in [0.15, 0.2) is 24.5 Å². The van der Waals surface area contributed by atoms with Gasteiger partial charge in [0, 0.05) is 18.9 Å². The molecule has 0 spiro atoms. The van der Waals surface area contributed by atoms with Crippen molar-refractivity contribution < 1.29 is 9.53 Å². The van der Waals surface area contributed by atoms with E-state index in [0.717, 1.165) is 32.2 Å². The number of nitrogens with one attached hydrogen (secondary N) is 1. The normalized spacial score (nSPS) is 12.1. The summed E-state index contributed by atoms with van der Waals surface area (Å²) >= 11 is 0. The Morgan fingerprint density at radius 1 is 1.56 bits per heavy atom. The number of aromatic nitrogens is 1. The van der Waals surface area contributed by atoms with Crippen LogP contribution in [0.5, 0.6) is 0 Å². The Morgan fingerprint density at radius 2 is 2.39 bits per heavy atom. The maximum Gasteiger partial charge on any atom is 0.322 e. The average Bonchev–Trinajstić information content (AvgIpc) is 2.43. The molecule has 0 radical (unpaired) electrons. The zero-order valence-corrected chi connectivity index (χ0v) is 11.2. The predicted molar refractivity (Wildman–Crippen MR) is 71.3 cm³/mol. The van der Waals surface area contributed by atoms with Crippen LogP contribution >= 0.6 is 0 Å². The molecule has 1 rings (SSSR count). The number of pyridine rings is 1. The van der Waals surface area contributed by atoms with E-state index in [0.29, 0.717) is 0 Å². The first-order chi connectivity index (χ1) is 8.77. The van der Waals surface area contributed by atoms with Crippen molar-refractivity contribution in [2.75, 3.05) is 13.7 Å². The third-order valence-corrected chi connectivity index (χ3v) is 2.86. The molecule has 1 aromatic heterocycles.